The smallest absolute Gasteiger partial charge is 0.240 e. The molecule has 1 N–H and O–H groups in total. The van der Waals surface area contributed by atoms with Crippen LogP contribution in [-0.4, -0.2) is 52.2 Å². The van der Waals surface area contributed by atoms with Crippen LogP contribution in [0.2, 0.25) is 0 Å². The summed E-state index contributed by atoms with van der Waals surface area (Å²) in [4.78, 5) is 2.96. The second-order valence-corrected chi connectivity index (χ2v) is 9.96. The van der Waals surface area contributed by atoms with Gasteiger partial charge in [-0.1, -0.05) is 18.2 Å². The van der Waals surface area contributed by atoms with Crippen LogP contribution in [0.5, 0.6) is 0 Å². The molecule has 1 aromatic carbocycles. The van der Waals surface area contributed by atoms with E-state index in [1.54, 1.807) is 24.3 Å². The molecule has 4 rings (SSSR count). The number of benzene rings is 1. The zero-order valence-corrected chi connectivity index (χ0v) is 16.2. The van der Waals surface area contributed by atoms with Gasteiger partial charge in [-0.25, -0.2) is 13.1 Å². The normalized spacial score (nSPS) is 27.3. The molecule has 3 aliphatic rings. The molecule has 2 heterocycles. The van der Waals surface area contributed by atoms with E-state index < -0.39 is 10.0 Å². The highest BCUT2D eigenvalue weighted by molar-refractivity contribution is 7.89. The minimum Gasteiger partial charge on any atom is -0.381 e. The van der Waals surface area contributed by atoms with E-state index in [0.29, 0.717) is 4.90 Å². The van der Waals surface area contributed by atoms with E-state index in [4.69, 9.17) is 4.74 Å². The van der Waals surface area contributed by atoms with Gasteiger partial charge in [0.15, 0.2) is 0 Å². The van der Waals surface area contributed by atoms with Gasteiger partial charge in [0.2, 0.25) is 10.0 Å². The lowest BCUT2D eigenvalue weighted by molar-refractivity contribution is -0.0100. The van der Waals surface area contributed by atoms with Crippen LogP contribution in [0.3, 0.4) is 0 Å². The van der Waals surface area contributed by atoms with E-state index in [1.165, 1.54) is 19.4 Å². The Morgan fingerprint density at radius 2 is 1.73 bits per heavy atom. The molecule has 144 valence electrons. The number of nitrogens with one attached hydrogen (secondary N) is 1. The molecule has 26 heavy (non-hydrogen) atoms. The van der Waals surface area contributed by atoms with Gasteiger partial charge in [-0.05, 0) is 75.1 Å². The molecule has 2 saturated heterocycles. The number of piperidine rings is 1. The lowest BCUT2D eigenvalue weighted by atomic mass is 9.59. The van der Waals surface area contributed by atoms with Crippen molar-refractivity contribution in [1.82, 2.24) is 9.62 Å². The number of hydrogen-bond donors (Lipinski definition) is 1. The Morgan fingerprint density at radius 1 is 1.04 bits per heavy atom. The van der Waals surface area contributed by atoms with E-state index >= 15 is 0 Å². The number of nitrogens with zero attached hydrogens (tertiary/aromatic N) is 1. The summed E-state index contributed by atoms with van der Waals surface area (Å²) in [6.07, 6.45) is 6.70. The van der Waals surface area contributed by atoms with Crippen LogP contribution in [0.1, 0.15) is 38.5 Å². The van der Waals surface area contributed by atoms with Crippen LogP contribution in [0.4, 0.5) is 0 Å². The standard InChI is InChI=1S/C20H30N2O3S/c23-26(24,18-4-2-1-3-5-18)21-19-6-9-20(19)10-12-22(13-11-20)16-17-7-14-25-15-8-17/h1-5,17,19,21H,6-16H2/t19-/m0/s1. The fourth-order valence-electron chi connectivity index (χ4n) is 4.81. The fraction of sp³-hybridized carbons (Fsp3) is 0.700. The van der Waals surface area contributed by atoms with Gasteiger partial charge in [-0.2, -0.15) is 0 Å². The Hall–Kier alpha value is -0.950. The molecule has 1 saturated carbocycles. The third-order valence-corrected chi connectivity index (χ3v) is 8.22. The first-order valence-corrected chi connectivity index (χ1v) is 11.4. The zero-order valence-electron chi connectivity index (χ0n) is 15.4. The van der Waals surface area contributed by atoms with Crippen LogP contribution in [0.15, 0.2) is 35.2 Å². The lowest BCUT2D eigenvalue weighted by Gasteiger charge is -2.54. The predicted octanol–water partition coefficient (Wildman–Crippen LogP) is 2.64. The molecule has 6 heteroatoms. The SMILES string of the molecule is O=S(=O)(N[C@H]1CCC12CCN(CC1CCOCC1)CC2)c1ccccc1. The van der Waals surface area contributed by atoms with Crippen molar-refractivity contribution in [3.05, 3.63) is 30.3 Å². The van der Waals surface area contributed by atoms with Gasteiger partial charge in [0, 0.05) is 25.8 Å². The van der Waals surface area contributed by atoms with E-state index in [1.807, 2.05) is 6.07 Å². The number of likely N-dealkylation sites (tertiary alicyclic amines) is 1. The van der Waals surface area contributed by atoms with Crippen molar-refractivity contribution >= 4 is 10.0 Å². The topological polar surface area (TPSA) is 58.6 Å². The summed E-state index contributed by atoms with van der Waals surface area (Å²) >= 11 is 0. The average molecular weight is 379 g/mol. The second kappa shape index (κ2) is 7.58. The van der Waals surface area contributed by atoms with Crippen LogP contribution in [-0.2, 0) is 14.8 Å². The van der Waals surface area contributed by atoms with E-state index in [9.17, 15) is 8.42 Å². The molecule has 0 unspecified atom stereocenters. The van der Waals surface area contributed by atoms with Gasteiger partial charge in [0.25, 0.3) is 0 Å². The molecule has 0 bridgehead atoms. The molecule has 0 amide bonds. The Labute approximate surface area is 157 Å². The summed E-state index contributed by atoms with van der Waals surface area (Å²) in [6.45, 7) is 5.19. The van der Waals surface area contributed by atoms with Crippen LogP contribution >= 0.6 is 0 Å². The van der Waals surface area contributed by atoms with Crippen LogP contribution in [0.25, 0.3) is 0 Å². The van der Waals surface area contributed by atoms with Gasteiger partial charge < -0.3 is 9.64 Å². The largest absolute Gasteiger partial charge is 0.381 e. The Morgan fingerprint density at radius 3 is 2.35 bits per heavy atom. The summed E-state index contributed by atoms with van der Waals surface area (Å²) in [5.41, 5.74) is 0.175. The van der Waals surface area contributed by atoms with E-state index in [0.717, 1.165) is 57.9 Å². The second-order valence-electron chi connectivity index (χ2n) is 8.24. The number of ether oxygens (including phenoxy) is 1. The highest BCUT2D eigenvalue weighted by Gasteiger charge is 2.49. The molecular weight excluding hydrogens is 348 g/mol. The number of sulfonamides is 1. The van der Waals surface area contributed by atoms with E-state index in [2.05, 4.69) is 9.62 Å². The van der Waals surface area contributed by atoms with Crippen molar-refractivity contribution in [3.63, 3.8) is 0 Å². The van der Waals surface area contributed by atoms with Crippen molar-refractivity contribution in [3.8, 4) is 0 Å². The third kappa shape index (κ3) is 3.84. The lowest BCUT2D eigenvalue weighted by Crippen LogP contribution is -2.59. The van der Waals surface area contributed by atoms with Crippen LogP contribution in [0, 0.1) is 11.3 Å². The van der Waals surface area contributed by atoms with E-state index in [-0.39, 0.29) is 11.5 Å². The Kier molecular flexibility index (Phi) is 5.37. The highest BCUT2D eigenvalue weighted by atomic mass is 32.2. The summed E-state index contributed by atoms with van der Waals surface area (Å²) < 4.78 is 33.8. The Balaban J connectivity index is 1.32. The first kappa shape index (κ1) is 18.4. The minimum atomic E-state index is -3.41. The quantitative estimate of drug-likeness (QED) is 0.856. The van der Waals surface area contributed by atoms with Gasteiger partial charge in [0.1, 0.15) is 0 Å². The fourth-order valence-corrected chi connectivity index (χ4v) is 6.20. The zero-order chi connectivity index (χ0) is 18.0. The van der Waals surface area contributed by atoms with Crippen molar-refractivity contribution in [2.45, 2.75) is 49.5 Å². The number of hydrogen-bond acceptors (Lipinski definition) is 4. The van der Waals surface area contributed by atoms with Crippen molar-refractivity contribution in [1.29, 1.82) is 0 Å². The predicted molar refractivity (Wildman–Crippen MR) is 101 cm³/mol. The molecule has 0 aromatic heterocycles. The maximum Gasteiger partial charge on any atom is 0.240 e. The van der Waals surface area contributed by atoms with Crippen LogP contribution < -0.4 is 4.72 Å². The molecule has 0 radical (unpaired) electrons. The van der Waals surface area contributed by atoms with Gasteiger partial charge in [-0.3, -0.25) is 0 Å². The molecule has 1 aliphatic carbocycles. The molecule has 2 aliphatic heterocycles. The molecule has 1 atom stereocenters. The molecule has 5 nitrogen and oxygen atoms in total. The molecule has 1 aromatic rings. The third-order valence-electron chi connectivity index (χ3n) is 6.73. The highest BCUT2D eigenvalue weighted by Crippen LogP contribution is 2.49. The minimum absolute atomic E-state index is 0.0953. The molecule has 3 fully saturated rings. The van der Waals surface area contributed by atoms with Crippen molar-refractivity contribution < 1.29 is 13.2 Å². The summed E-state index contributed by atoms with van der Waals surface area (Å²) in [7, 11) is -3.41. The van der Waals surface area contributed by atoms with Crippen molar-refractivity contribution in [2.75, 3.05) is 32.8 Å². The maximum absolute atomic E-state index is 12.7. The monoisotopic (exact) mass is 378 g/mol. The molecule has 1 spiro atoms. The van der Waals surface area contributed by atoms with Crippen molar-refractivity contribution in [2.24, 2.45) is 11.3 Å². The van der Waals surface area contributed by atoms with Gasteiger partial charge >= 0.3 is 0 Å². The average Bonchev–Trinajstić information content (AvgIpc) is 2.68. The van der Waals surface area contributed by atoms with Gasteiger partial charge in [0.05, 0.1) is 4.90 Å². The maximum atomic E-state index is 12.7. The summed E-state index contributed by atoms with van der Waals surface area (Å²) in [6, 6.07) is 8.84. The first-order chi connectivity index (χ1) is 12.6. The Bertz CT molecular complexity index is 693. The summed E-state index contributed by atoms with van der Waals surface area (Å²) in [5.74, 6) is 0.770. The van der Waals surface area contributed by atoms with Gasteiger partial charge in [-0.15, -0.1) is 0 Å². The molecular formula is C20H30N2O3S. The first-order valence-electron chi connectivity index (χ1n) is 9.95. The summed E-state index contributed by atoms with van der Waals surface area (Å²) in [5, 5.41) is 0. The number of rotatable bonds is 5.